The zero-order valence-corrected chi connectivity index (χ0v) is 24.5. The van der Waals surface area contributed by atoms with Gasteiger partial charge in [-0.2, -0.15) is 12.6 Å². The summed E-state index contributed by atoms with van der Waals surface area (Å²) in [5.41, 5.74) is -0.793. The van der Waals surface area contributed by atoms with Gasteiger partial charge in [0.25, 0.3) is 0 Å². The summed E-state index contributed by atoms with van der Waals surface area (Å²) in [5.74, 6) is -0.784. The number of amides is 3. The van der Waals surface area contributed by atoms with Crippen LogP contribution in [0.15, 0.2) is 24.3 Å². The molecule has 3 amide bonds. The Morgan fingerprint density at radius 1 is 1.03 bits per heavy atom. The predicted molar refractivity (Wildman–Crippen MR) is 151 cm³/mol. The van der Waals surface area contributed by atoms with E-state index < -0.39 is 35.2 Å². The molecule has 0 radical (unpaired) electrons. The minimum absolute atomic E-state index is 0.00403. The maximum absolute atomic E-state index is 13.9. The monoisotopic (exact) mass is 537 g/mol. The van der Waals surface area contributed by atoms with E-state index in [0.29, 0.717) is 18.5 Å². The van der Waals surface area contributed by atoms with E-state index in [9.17, 15) is 19.5 Å². The van der Waals surface area contributed by atoms with Crippen molar-refractivity contribution < 1.29 is 24.2 Å². The van der Waals surface area contributed by atoms with E-state index in [1.807, 2.05) is 20.8 Å². The second-order valence-corrected chi connectivity index (χ2v) is 11.8. The van der Waals surface area contributed by atoms with E-state index in [4.69, 9.17) is 4.74 Å². The molecule has 3 N–H and O–H groups in total. The summed E-state index contributed by atoms with van der Waals surface area (Å²) in [6.45, 7) is 13.3. The van der Waals surface area contributed by atoms with Crippen molar-refractivity contribution in [1.82, 2.24) is 15.5 Å². The third kappa shape index (κ3) is 12.6. The molecule has 1 rings (SSSR count). The molecule has 0 fully saturated rings. The number of ether oxygens (including phenoxy) is 1. The number of carbonyl (C=O) groups excluding carboxylic acids is 3. The van der Waals surface area contributed by atoms with Crippen LogP contribution in [0.2, 0.25) is 0 Å². The van der Waals surface area contributed by atoms with Crippen molar-refractivity contribution in [3.63, 3.8) is 0 Å². The molecule has 0 saturated heterocycles. The van der Waals surface area contributed by atoms with Gasteiger partial charge < -0.3 is 25.4 Å². The molecule has 0 aliphatic heterocycles. The van der Waals surface area contributed by atoms with Gasteiger partial charge in [-0.05, 0) is 65.7 Å². The fraction of sp³-hybridized carbons (Fsp3) is 0.679. The van der Waals surface area contributed by atoms with E-state index in [1.54, 1.807) is 32.9 Å². The third-order valence-electron chi connectivity index (χ3n) is 5.45. The Balaban J connectivity index is 3.36. The van der Waals surface area contributed by atoms with Gasteiger partial charge in [-0.25, -0.2) is 4.79 Å². The number of thiol groups is 1. The van der Waals surface area contributed by atoms with Crippen molar-refractivity contribution in [2.24, 2.45) is 0 Å². The van der Waals surface area contributed by atoms with Crippen LogP contribution >= 0.6 is 12.6 Å². The number of hydrogen-bond acceptors (Lipinski definition) is 6. The average molecular weight is 538 g/mol. The fourth-order valence-corrected chi connectivity index (χ4v) is 4.12. The Hall–Kier alpha value is -2.42. The van der Waals surface area contributed by atoms with Crippen molar-refractivity contribution in [3.8, 4) is 5.75 Å². The fourth-order valence-electron chi connectivity index (χ4n) is 3.87. The highest BCUT2D eigenvalue weighted by Gasteiger charge is 2.36. The second-order valence-electron chi connectivity index (χ2n) is 11.4. The highest BCUT2D eigenvalue weighted by Crippen LogP contribution is 2.27. The molecule has 0 aliphatic carbocycles. The maximum atomic E-state index is 13.9. The number of aromatic hydroxyl groups is 1. The number of alkyl carbamates (subject to hydrolysis) is 1. The van der Waals surface area contributed by atoms with Crippen LogP contribution in [0.1, 0.15) is 98.6 Å². The molecule has 8 nitrogen and oxygen atoms in total. The number of rotatable bonds is 13. The molecule has 37 heavy (non-hydrogen) atoms. The molecule has 9 heteroatoms. The largest absolute Gasteiger partial charge is 0.508 e. The highest BCUT2D eigenvalue weighted by molar-refractivity contribution is 7.80. The molecule has 1 aromatic carbocycles. The van der Waals surface area contributed by atoms with Crippen LogP contribution in [0, 0.1) is 0 Å². The highest BCUT2D eigenvalue weighted by atomic mass is 32.1. The molecular formula is C28H47N3O5S. The van der Waals surface area contributed by atoms with Gasteiger partial charge >= 0.3 is 6.09 Å². The summed E-state index contributed by atoms with van der Waals surface area (Å²) in [6.07, 6.45) is 5.31. The molecule has 1 aromatic rings. The van der Waals surface area contributed by atoms with Gasteiger partial charge in [0.1, 0.15) is 23.4 Å². The number of benzene rings is 1. The lowest BCUT2D eigenvalue weighted by Crippen LogP contribution is -2.55. The number of carbonyl (C=O) groups is 3. The molecule has 0 spiro atoms. The number of unbranched alkanes of at least 4 members (excludes halogenated alkanes) is 5. The quantitative estimate of drug-likeness (QED) is 0.200. The van der Waals surface area contributed by atoms with E-state index in [-0.39, 0.29) is 17.4 Å². The molecule has 0 aromatic heterocycles. The van der Waals surface area contributed by atoms with Crippen molar-refractivity contribution in [3.05, 3.63) is 29.8 Å². The third-order valence-corrected chi connectivity index (χ3v) is 5.82. The molecule has 0 bridgehead atoms. The lowest BCUT2D eigenvalue weighted by Gasteiger charge is -2.36. The Morgan fingerprint density at radius 2 is 1.65 bits per heavy atom. The molecule has 2 atom stereocenters. The van der Waals surface area contributed by atoms with Crippen LogP contribution in [0.4, 0.5) is 4.79 Å². The SMILES string of the molecule is CCCCCCCCN(C(=O)C(CS)NC(=O)OC(C)(C)C)C(C(=O)NC(C)(C)C)c1cccc(O)c1. The van der Waals surface area contributed by atoms with Crippen molar-refractivity contribution in [2.45, 2.75) is 110 Å². The van der Waals surface area contributed by atoms with Crippen LogP contribution in [0.3, 0.4) is 0 Å². The van der Waals surface area contributed by atoms with E-state index in [1.165, 1.54) is 17.0 Å². The van der Waals surface area contributed by atoms with Gasteiger partial charge in [-0.15, -0.1) is 0 Å². The first-order valence-electron chi connectivity index (χ1n) is 13.2. The molecule has 2 unspecified atom stereocenters. The topological polar surface area (TPSA) is 108 Å². The van der Waals surface area contributed by atoms with Crippen LogP contribution in [-0.2, 0) is 14.3 Å². The summed E-state index contributed by atoms with van der Waals surface area (Å²) in [4.78, 5) is 41.4. The molecular weight excluding hydrogens is 490 g/mol. The molecule has 210 valence electrons. The normalized spacial score (nSPS) is 13.4. The Labute approximate surface area is 228 Å². The van der Waals surface area contributed by atoms with Crippen LogP contribution < -0.4 is 10.6 Å². The minimum Gasteiger partial charge on any atom is -0.508 e. The summed E-state index contributed by atoms with van der Waals surface area (Å²) in [5, 5.41) is 15.7. The number of phenolic OH excluding ortho intramolecular Hbond substituents is 1. The first-order chi connectivity index (χ1) is 17.2. The zero-order chi connectivity index (χ0) is 28.2. The van der Waals surface area contributed by atoms with E-state index in [2.05, 4.69) is 30.2 Å². The number of nitrogens with zero attached hydrogens (tertiary/aromatic N) is 1. The van der Waals surface area contributed by atoms with Gasteiger partial charge in [-0.3, -0.25) is 9.59 Å². The van der Waals surface area contributed by atoms with Gasteiger partial charge in [0.2, 0.25) is 11.8 Å². The first kappa shape index (κ1) is 32.6. The standard InChI is InChI=1S/C28H47N3O5S/c1-8-9-10-11-12-13-17-31(25(34)22(19-37)29-26(35)36-28(5,6)7)23(24(33)30-27(2,3)4)20-15-14-16-21(32)18-20/h14-16,18,22-23,32,37H,8-13,17,19H2,1-7H3,(H,29,35)(H,30,33). The Morgan fingerprint density at radius 3 is 2.19 bits per heavy atom. The Bertz CT molecular complexity index is 879. The van der Waals surface area contributed by atoms with Gasteiger partial charge in [0, 0.05) is 17.8 Å². The van der Waals surface area contributed by atoms with Crippen LogP contribution in [0.5, 0.6) is 5.75 Å². The average Bonchev–Trinajstić information content (AvgIpc) is 2.76. The summed E-state index contributed by atoms with van der Waals surface area (Å²) in [6, 6.07) is 4.36. The van der Waals surface area contributed by atoms with Gasteiger partial charge in [-0.1, -0.05) is 51.2 Å². The lowest BCUT2D eigenvalue weighted by atomic mass is 10.00. The predicted octanol–water partition coefficient (Wildman–Crippen LogP) is 5.36. The van der Waals surface area contributed by atoms with E-state index >= 15 is 0 Å². The number of nitrogens with one attached hydrogen (secondary N) is 2. The van der Waals surface area contributed by atoms with E-state index in [0.717, 1.165) is 32.1 Å². The van der Waals surface area contributed by atoms with Crippen LogP contribution in [-0.4, -0.2) is 57.4 Å². The summed E-state index contributed by atoms with van der Waals surface area (Å²) >= 11 is 4.32. The zero-order valence-electron chi connectivity index (χ0n) is 23.6. The molecule has 0 saturated carbocycles. The van der Waals surface area contributed by atoms with Crippen molar-refractivity contribution >= 4 is 30.5 Å². The number of phenols is 1. The number of hydrogen-bond donors (Lipinski definition) is 4. The molecule has 0 heterocycles. The van der Waals surface area contributed by atoms with Crippen LogP contribution in [0.25, 0.3) is 0 Å². The lowest BCUT2D eigenvalue weighted by molar-refractivity contribution is -0.142. The molecule has 0 aliphatic rings. The van der Waals surface area contributed by atoms with Crippen molar-refractivity contribution in [2.75, 3.05) is 12.3 Å². The minimum atomic E-state index is -1.00. The van der Waals surface area contributed by atoms with Gasteiger partial charge in [0.05, 0.1) is 0 Å². The first-order valence-corrected chi connectivity index (χ1v) is 13.8. The second kappa shape index (κ2) is 15.1. The Kier molecular flexibility index (Phi) is 13.3. The van der Waals surface area contributed by atoms with Gasteiger partial charge in [0.15, 0.2) is 0 Å². The summed E-state index contributed by atoms with van der Waals surface area (Å²) in [7, 11) is 0. The maximum Gasteiger partial charge on any atom is 0.408 e. The smallest absolute Gasteiger partial charge is 0.408 e. The van der Waals surface area contributed by atoms with Crippen molar-refractivity contribution in [1.29, 1.82) is 0 Å². The summed E-state index contributed by atoms with van der Waals surface area (Å²) < 4.78 is 5.34.